The van der Waals surface area contributed by atoms with Gasteiger partial charge in [0.15, 0.2) is 0 Å². The minimum atomic E-state index is 0.415. The molecule has 3 heteroatoms. The van der Waals surface area contributed by atoms with E-state index in [1.165, 1.54) is 29.7 Å². The fourth-order valence-corrected chi connectivity index (χ4v) is 2.37. The first-order chi connectivity index (χ1) is 8.20. The first-order valence-electron chi connectivity index (χ1n) is 6.37. The van der Waals surface area contributed by atoms with E-state index in [1.54, 1.807) is 0 Å². The molecule has 0 radical (unpaired) electrons. The van der Waals surface area contributed by atoms with Gasteiger partial charge in [0.2, 0.25) is 0 Å². The number of hydrogen-bond donors (Lipinski definition) is 1. The molecule has 1 atom stereocenters. The molecule has 1 fully saturated rings. The number of nitrogens with zero attached hydrogens (tertiary/aromatic N) is 2. The highest BCUT2D eigenvalue weighted by atomic mass is 15.1. The summed E-state index contributed by atoms with van der Waals surface area (Å²) in [5.74, 6) is 2.36. The van der Waals surface area contributed by atoms with Crippen molar-refractivity contribution < 1.29 is 0 Å². The standard InChI is InChI=1S/C14H19N3/c1-9(8-15)11-5-6-12-13(7-11)17(2)14(16-12)10-3-4-10/h5-7,9-10H,3-4,8,15H2,1-2H3. The molecule has 3 nitrogen and oxygen atoms in total. The van der Waals surface area contributed by atoms with Gasteiger partial charge in [0.25, 0.3) is 0 Å². The first-order valence-corrected chi connectivity index (χ1v) is 6.37. The Hall–Kier alpha value is -1.35. The number of aromatic nitrogens is 2. The van der Waals surface area contributed by atoms with Crippen LogP contribution >= 0.6 is 0 Å². The summed E-state index contributed by atoms with van der Waals surface area (Å²) in [6.45, 7) is 2.86. The van der Waals surface area contributed by atoms with Crippen molar-refractivity contribution in [2.45, 2.75) is 31.6 Å². The molecule has 0 saturated heterocycles. The van der Waals surface area contributed by atoms with E-state index in [4.69, 9.17) is 10.7 Å². The van der Waals surface area contributed by atoms with Gasteiger partial charge in [-0.1, -0.05) is 13.0 Å². The molecule has 1 unspecified atom stereocenters. The molecule has 2 N–H and O–H groups in total. The van der Waals surface area contributed by atoms with Crippen molar-refractivity contribution in [1.29, 1.82) is 0 Å². The summed E-state index contributed by atoms with van der Waals surface area (Å²) >= 11 is 0. The van der Waals surface area contributed by atoms with E-state index >= 15 is 0 Å². The van der Waals surface area contributed by atoms with Crippen molar-refractivity contribution >= 4 is 11.0 Å². The lowest BCUT2D eigenvalue weighted by Crippen LogP contribution is -2.08. The third-order valence-electron chi connectivity index (χ3n) is 3.80. The molecule has 1 saturated carbocycles. The lowest BCUT2D eigenvalue weighted by Gasteiger charge is -2.09. The van der Waals surface area contributed by atoms with Crippen molar-refractivity contribution in [3.05, 3.63) is 29.6 Å². The maximum Gasteiger partial charge on any atom is 0.112 e. The zero-order valence-corrected chi connectivity index (χ0v) is 10.5. The number of benzene rings is 1. The number of aryl methyl sites for hydroxylation is 1. The fourth-order valence-electron chi connectivity index (χ4n) is 2.37. The SMILES string of the molecule is CC(CN)c1ccc2nc(C3CC3)n(C)c2c1. The van der Waals surface area contributed by atoms with Crippen LogP contribution < -0.4 is 5.73 Å². The second-order valence-electron chi connectivity index (χ2n) is 5.19. The van der Waals surface area contributed by atoms with E-state index in [1.807, 2.05) is 0 Å². The Bertz CT molecular complexity index is 552. The minimum absolute atomic E-state index is 0.415. The quantitative estimate of drug-likeness (QED) is 0.878. The molecule has 1 aliphatic carbocycles. The van der Waals surface area contributed by atoms with Gasteiger partial charge in [-0.3, -0.25) is 0 Å². The highest BCUT2D eigenvalue weighted by molar-refractivity contribution is 5.77. The largest absolute Gasteiger partial charge is 0.331 e. The fraction of sp³-hybridized carbons (Fsp3) is 0.500. The van der Waals surface area contributed by atoms with Crippen molar-refractivity contribution in [2.75, 3.05) is 6.54 Å². The Morgan fingerprint density at radius 1 is 1.47 bits per heavy atom. The maximum atomic E-state index is 5.73. The van der Waals surface area contributed by atoms with E-state index in [0.29, 0.717) is 18.4 Å². The molecule has 0 spiro atoms. The molecule has 90 valence electrons. The summed E-state index contributed by atoms with van der Waals surface area (Å²) in [6.07, 6.45) is 2.59. The number of hydrogen-bond acceptors (Lipinski definition) is 2. The minimum Gasteiger partial charge on any atom is -0.331 e. The Morgan fingerprint density at radius 3 is 2.88 bits per heavy atom. The molecular formula is C14H19N3. The predicted molar refractivity (Wildman–Crippen MR) is 70.2 cm³/mol. The molecule has 0 aliphatic heterocycles. The number of fused-ring (bicyclic) bond motifs is 1. The van der Waals surface area contributed by atoms with E-state index < -0.39 is 0 Å². The van der Waals surface area contributed by atoms with Gasteiger partial charge in [-0.25, -0.2) is 4.98 Å². The third kappa shape index (κ3) is 1.75. The van der Waals surface area contributed by atoms with E-state index in [0.717, 1.165) is 5.52 Å². The van der Waals surface area contributed by atoms with Gasteiger partial charge in [0.05, 0.1) is 11.0 Å². The molecular weight excluding hydrogens is 210 g/mol. The van der Waals surface area contributed by atoms with Crippen molar-refractivity contribution in [2.24, 2.45) is 12.8 Å². The summed E-state index contributed by atoms with van der Waals surface area (Å²) in [7, 11) is 2.12. The average molecular weight is 229 g/mol. The lowest BCUT2D eigenvalue weighted by molar-refractivity contribution is 0.773. The summed E-state index contributed by atoms with van der Waals surface area (Å²) < 4.78 is 2.25. The predicted octanol–water partition coefficient (Wildman–Crippen LogP) is 2.51. The third-order valence-corrected chi connectivity index (χ3v) is 3.80. The highest BCUT2D eigenvalue weighted by Gasteiger charge is 2.28. The second kappa shape index (κ2) is 3.84. The molecule has 3 rings (SSSR count). The molecule has 17 heavy (non-hydrogen) atoms. The summed E-state index contributed by atoms with van der Waals surface area (Å²) in [5, 5.41) is 0. The summed E-state index contributed by atoms with van der Waals surface area (Å²) in [6, 6.07) is 6.53. The maximum absolute atomic E-state index is 5.73. The van der Waals surface area contributed by atoms with Crippen LogP contribution in [0, 0.1) is 0 Å². The number of imidazole rings is 1. The van der Waals surface area contributed by atoms with Crippen LogP contribution in [0.15, 0.2) is 18.2 Å². The topological polar surface area (TPSA) is 43.8 Å². The normalized spacial score (nSPS) is 17.6. The smallest absolute Gasteiger partial charge is 0.112 e. The van der Waals surface area contributed by atoms with Crippen LogP contribution in [-0.4, -0.2) is 16.1 Å². The lowest BCUT2D eigenvalue weighted by atomic mass is 10.0. The second-order valence-corrected chi connectivity index (χ2v) is 5.19. The van der Waals surface area contributed by atoms with Crippen LogP contribution in [-0.2, 0) is 7.05 Å². The van der Waals surface area contributed by atoms with Gasteiger partial charge in [-0.05, 0) is 43.0 Å². The first kappa shape index (κ1) is 10.8. The van der Waals surface area contributed by atoms with Crippen molar-refractivity contribution in [3.8, 4) is 0 Å². The van der Waals surface area contributed by atoms with Crippen LogP contribution in [0.1, 0.15) is 43.0 Å². The Kier molecular flexibility index (Phi) is 2.44. The Morgan fingerprint density at radius 2 is 2.24 bits per heavy atom. The van der Waals surface area contributed by atoms with Gasteiger partial charge in [-0.15, -0.1) is 0 Å². The van der Waals surface area contributed by atoms with Crippen LogP contribution in [0.25, 0.3) is 11.0 Å². The Labute approximate surface area is 102 Å². The molecule has 1 heterocycles. The van der Waals surface area contributed by atoms with Gasteiger partial charge in [0, 0.05) is 13.0 Å². The summed E-state index contributed by atoms with van der Waals surface area (Å²) in [5.41, 5.74) is 9.39. The molecule has 2 aromatic rings. The van der Waals surface area contributed by atoms with Crippen molar-refractivity contribution in [1.82, 2.24) is 9.55 Å². The highest BCUT2D eigenvalue weighted by Crippen LogP contribution is 2.40. The molecule has 1 aromatic heterocycles. The van der Waals surface area contributed by atoms with E-state index in [-0.39, 0.29) is 0 Å². The van der Waals surface area contributed by atoms with Crippen LogP contribution in [0.3, 0.4) is 0 Å². The molecule has 0 bridgehead atoms. The monoisotopic (exact) mass is 229 g/mol. The van der Waals surface area contributed by atoms with E-state index in [9.17, 15) is 0 Å². The number of rotatable bonds is 3. The van der Waals surface area contributed by atoms with Crippen LogP contribution in [0.5, 0.6) is 0 Å². The molecule has 1 aromatic carbocycles. The van der Waals surface area contributed by atoms with Gasteiger partial charge in [-0.2, -0.15) is 0 Å². The zero-order valence-electron chi connectivity index (χ0n) is 10.5. The molecule has 1 aliphatic rings. The van der Waals surface area contributed by atoms with Gasteiger partial charge in [0.1, 0.15) is 5.82 Å². The van der Waals surface area contributed by atoms with E-state index in [2.05, 4.69) is 36.7 Å². The van der Waals surface area contributed by atoms with Gasteiger partial charge < -0.3 is 10.3 Å². The summed E-state index contributed by atoms with van der Waals surface area (Å²) in [4.78, 5) is 4.73. The molecule has 0 amide bonds. The average Bonchev–Trinajstić information content (AvgIpc) is 3.14. The number of nitrogens with two attached hydrogens (primary N) is 1. The van der Waals surface area contributed by atoms with Crippen LogP contribution in [0.2, 0.25) is 0 Å². The van der Waals surface area contributed by atoms with Gasteiger partial charge >= 0.3 is 0 Å². The van der Waals surface area contributed by atoms with Crippen LogP contribution in [0.4, 0.5) is 0 Å². The Balaban J connectivity index is 2.11. The zero-order chi connectivity index (χ0) is 12.0. The van der Waals surface area contributed by atoms with Crippen molar-refractivity contribution in [3.63, 3.8) is 0 Å².